The molecule has 3 aromatic rings. The molecule has 0 amide bonds. The van der Waals surface area contributed by atoms with E-state index in [4.69, 9.17) is 0 Å². The molecule has 3 aromatic carbocycles. The topological polar surface area (TPSA) is 0 Å². The Bertz CT molecular complexity index is 915. The van der Waals surface area contributed by atoms with Crippen LogP contribution in [0.15, 0.2) is 54.6 Å². The molecular weight excluding hydrogens is 276 g/mol. The number of benzene rings is 3. The first kappa shape index (κ1) is 14.3. The first-order valence-corrected chi connectivity index (χ1v) is 8.34. The van der Waals surface area contributed by atoms with E-state index in [2.05, 4.69) is 82.3 Å². The van der Waals surface area contributed by atoms with Crippen molar-refractivity contribution in [2.75, 3.05) is 0 Å². The number of fused-ring (bicyclic) bond motifs is 3. The average molecular weight is 298 g/mol. The molecule has 0 aromatic heterocycles. The highest BCUT2D eigenvalue weighted by atomic mass is 14.3. The fourth-order valence-electron chi connectivity index (χ4n) is 4.07. The van der Waals surface area contributed by atoms with Gasteiger partial charge in [-0.15, -0.1) is 0 Å². The molecule has 1 aliphatic carbocycles. The Morgan fingerprint density at radius 3 is 2.09 bits per heavy atom. The van der Waals surface area contributed by atoms with Gasteiger partial charge >= 0.3 is 0 Å². The molecule has 0 radical (unpaired) electrons. The van der Waals surface area contributed by atoms with Gasteiger partial charge in [-0.25, -0.2) is 0 Å². The van der Waals surface area contributed by atoms with Crippen LogP contribution in [0.3, 0.4) is 0 Å². The van der Waals surface area contributed by atoms with Crippen LogP contribution in [0, 0.1) is 27.7 Å². The standard InChI is InChI=1S/C23H22/c1-14-8-7-11-19-18-9-5-6-10-20(18)23(22(14)19)21-13-16(3)15(2)12-17(21)4/h5-13,23H,1-4H3. The van der Waals surface area contributed by atoms with Gasteiger partial charge in [-0.2, -0.15) is 0 Å². The quantitative estimate of drug-likeness (QED) is 0.399. The summed E-state index contributed by atoms with van der Waals surface area (Å²) in [6, 6.07) is 20.3. The summed E-state index contributed by atoms with van der Waals surface area (Å²) < 4.78 is 0. The van der Waals surface area contributed by atoms with Crippen molar-refractivity contribution >= 4 is 0 Å². The van der Waals surface area contributed by atoms with Gasteiger partial charge < -0.3 is 0 Å². The highest BCUT2D eigenvalue weighted by Crippen LogP contribution is 2.49. The summed E-state index contributed by atoms with van der Waals surface area (Å²) in [6.45, 7) is 8.92. The Morgan fingerprint density at radius 1 is 0.565 bits per heavy atom. The molecule has 0 saturated heterocycles. The molecule has 0 heterocycles. The van der Waals surface area contributed by atoms with Crippen molar-refractivity contribution in [3.05, 3.63) is 93.5 Å². The van der Waals surface area contributed by atoms with Gasteiger partial charge in [0.05, 0.1) is 0 Å². The summed E-state index contributed by atoms with van der Waals surface area (Å²) in [5.74, 6) is 0.363. The van der Waals surface area contributed by atoms with E-state index in [0.717, 1.165) is 0 Å². The Balaban J connectivity index is 2.05. The second-order valence-corrected chi connectivity index (χ2v) is 6.85. The molecule has 114 valence electrons. The fourth-order valence-corrected chi connectivity index (χ4v) is 4.07. The van der Waals surface area contributed by atoms with E-state index >= 15 is 0 Å². The molecule has 23 heavy (non-hydrogen) atoms. The second-order valence-electron chi connectivity index (χ2n) is 6.85. The molecule has 0 fully saturated rings. The lowest BCUT2D eigenvalue weighted by molar-refractivity contribution is 0.976. The van der Waals surface area contributed by atoms with Crippen LogP contribution in [-0.2, 0) is 0 Å². The SMILES string of the molecule is Cc1cc(C)c(C2c3ccccc3-c3cccc(C)c32)cc1C. The summed E-state index contributed by atoms with van der Waals surface area (Å²) >= 11 is 0. The van der Waals surface area contributed by atoms with E-state index in [9.17, 15) is 0 Å². The monoisotopic (exact) mass is 298 g/mol. The van der Waals surface area contributed by atoms with Gasteiger partial charge in [0.25, 0.3) is 0 Å². The summed E-state index contributed by atoms with van der Waals surface area (Å²) in [7, 11) is 0. The zero-order valence-corrected chi connectivity index (χ0v) is 14.3. The summed E-state index contributed by atoms with van der Waals surface area (Å²) in [4.78, 5) is 0. The van der Waals surface area contributed by atoms with Gasteiger partial charge in [0.2, 0.25) is 0 Å². The maximum absolute atomic E-state index is 2.40. The smallest absolute Gasteiger partial charge is 0.0357 e. The van der Waals surface area contributed by atoms with Crippen molar-refractivity contribution in [3.63, 3.8) is 0 Å². The minimum Gasteiger partial charge on any atom is -0.0619 e. The second kappa shape index (κ2) is 5.09. The fraction of sp³-hybridized carbons (Fsp3) is 0.217. The first-order chi connectivity index (χ1) is 11.1. The van der Waals surface area contributed by atoms with Crippen LogP contribution in [0.5, 0.6) is 0 Å². The van der Waals surface area contributed by atoms with Gasteiger partial charge in [-0.05, 0) is 77.8 Å². The van der Waals surface area contributed by atoms with Gasteiger partial charge in [-0.1, -0.05) is 54.6 Å². The van der Waals surface area contributed by atoms with Crippen LogP contribution in [0.4, 0.5) is 0 Å². The van der Waals surface area contributed by atoms with Crippen LogP contribution in [-0.4, -0.2) is 0 Å². The van der Waals surface area contributed by atoms with Crippen LogP contribution in [0.1, 0.15) is 44.9 Å². The third kappa shape index (κ3) is 2.05. The maximum atomic E-state index is 2.40. The summed E-state index contributed by atoms with van der Waals surface area (Å²) in [6.07, 6.45) is 0. The molecule has 0 bridgehead atoms. The van der Waals surface area contributed by atoms with Crippen molar-refractivity contribution < 1.29 is 0 Å². The van der Waals surface area contributed by atoms with Crippen molar-refractivity contribution in [3.8, 4) is 11.1 Å². The minimum absolute atomic E-state index is 0.363. The van der Waals surface area contributed by atoms with Crippen LogP contribution >= 0.6 is 0 Å². The molecule has 0 spiro atoms. The van der Waals surface area contributed by atoms with Crippen molar-refractivity contribution in [1.29, 1.82) is 0 Å². The van der Waals surface area contributed by atoms with Crippen molar-refractivity contribution in [2.45, 2.75) is 33.6 Å². The van der Waals surface area contributed by atoms with Gasteiger partial charge in [-0.3, -0.25) is 0 Å². The average Bonchev–Trinajstić information content (AvgIpc) is 2.87. The van der Waals surface area contributed by atoms with Crippen LogP contribution in [0.2, 0.25) is 0 Å². The molecule has 0 saturated carbocycles. The van der Waals surface area contributed by atoms with E-state index in [1.165, 1.54) is 50.1 Å². The third-order valence-electron chi connectivity index (χ3n) is 5.37. The molecule has 1 aliphatic rings. The first-order valence-electron chi connectivity index (χ1n) is 8.34. The zero-order valence-electron chi connectivity index (χ0n) is 14.3. The largest absolute Gasteiger partial charge is 0.0619 e. The highest BCUT2D eigenvalue weighted by Gasteiger charge is 2.31. The predicted molar refractivity (Wildman–Crippen MR) is 98.2 cm³/mol. The minimum atomic E-state index is 0.363. The molecule has 1 unspecified atom stereocenters. The van der Waals surface area contributed by atoms with E-state index in [-0.39, 0.29) is 0 Å². The van der Waals surface area contributed by atoms with Crippen molar-refractivity contribution in [2.24, 2.45) is 0 Å². The number of rotatable bonds is 1. The number of hydrogen-bond acceptors (Lipinski definition) is 0. The van der Waals surface area contributed by atoms with E-state index in [1.54, 1.807) is 0 Å². The molecule has 0 N–H and O–H groups in total. The predicted octanol–water partition coefficient (Wildman–Crippen LogP) is 6.08. The Labute approximate surface area is 138 Å². The van der Waals surface area contributed by atoms with Gasteiger partial charge in [0, 0.05) is 5.92 Å². The van der Waals surface area contributed by atoms with Gasteiger partial charge in [0.1, 0.15) is 0 Å². The maximum Gasteiger partial charge on any atom is 0.0357 e. The Morgan fingerprint density at radius 2 is 1.26 bits per heavy atom. The van der Waals surface area contributed by atoms with E-state index in [1.807, 2.05) is 0 Å². The highest BCUT2D eigenvalue weighted by molar-refractivity contribution is 5.82. The molecule has 1 atom stereocenters. The van der Waals surface area contributed by atoms with E-state index < -0.39 is 0 Å². The molecule has 0 nitrogen and oxygen atoms in total. The molecular formula is C23H22. The number of aryl methyl sites for hydroxylation is 4. The third-order valence-corrected chi connectivity index (χ3v) is 5.37. The van der Waals surface area contributed by atoms with Gasteiger partial charge in [0.15, 0.2) is 0 Å². The summed E-state index contributed by atoms with van der Waals surface area (Å²) in [5, 5.41) is 0. The van der Waals surface area contributed by atoms with Crippen LogP contribution < -0.4 is 0 Å². The lowest BCUT2D eigenvalue weighted by atomic mass is 9.83. The molecule has 0 aliphatic heterocycles. The molecule has 0 heteroatoms. The lowest BCUT2D eigenvalue weighted by Crippen LogP contribution is -2.04. The Hall–Kier alpha value is -2.34. The summed E-state index contributed by atoms with van der Waals surface area (Å²) in [5.41, 5.74) is 12.7. The zero-order chi connectivity index (χ0) is 16.1. The lowest BCUT2D eigenvalue weighted by Gasteiger charge is -2.20. The normalized spacial score (nSPS) is 15.4. The van der Waals surface area contributed by atoms with Crippen LogP contribution in [0.25, 0.3) is 11.1 Å². The number of hydrogen-bond donors (Lipinski definition) is 0. The molecule has 4 rings (SSSR count). The Kier molecular flexibility index (Phi) is 3.16. The van der Waals surface area contributed by atoms with Crippen molar-refractivity contribution in [1.82, 2.24) is 0 Å². The van der Waals surface area contributed by atoms with E-state index in [0.29, 0.717) is 5.92 Å².